The number of benzene rings is 1. The summed E-state index contributed by atoms with van der Waals surface area (Å²) in [7, 11) is 0. The summed E-state index contributed by atoms with van der Waals surface area (Å²) in [6, 6.07) is 3.24. The maximum absolute atomic E-state index is 13.9. The number of hydrogen-bond donors (Lipinski definition) is 3. The van der Waals surface area contributed by atoms with Crippen molar-refractivity contribution in [3.05, 3.63) is 34.9 Å². The fraction of sp³-hybridized carbons (Fsp3) is 0.630. The van der Waals surface area contributed by atoms with Gasteiger partial charge in [0.15, 0.2) is 0 Å². The van der Waals surface area contributed by atoms with Crippen LogP contribution in [0.4, 0.5) is 4.79 Å². The van der Waals surface area contributed by atoms with Crippen LogP contribution in [0.2, 0.25) is 0 Å². The molecule has 4 N–H and O–H groups in total. The molecule has 36 heavy (non-hydrogen) atoms. The van der Waals surface area contributed by atoms with Gasteiger partial charge in [-0.05, 0) is 71.6 Å². The second-order valence-electron chi connectivity index (χ2n) is 10.5. The molecule has 9 heteroatoms. The third-order valence-electron chi connectivity index (χ3n) is 5.61. The molecular formula is C27H44N4O5. The molecule has 1 aromatic carbocycles. The number of aryl methyl sites for hydroxylation is 1. The zero-order valence-electron chi connectivity index (χ0n) is 23.1. The van der Waals surface area contributed by atoms with E-state index in [2.05, 4.69) is 10.6 Å². The van der Waals surface area contributed by atoms with Crippen molar-refractivity contribution in [2.24, 2.45) is 5.73 Å². The molecule has 9 nitrogen and oxygen atoms in total. The largest absolute Gasteiger partial charge is 0.444 e. The first kappa shape index (κ1) is 30.9. The van der Waals surface area contributed by atoms with Crippen LogP contribution in [0.25, 0.3) is 0 Å². The van der Waals surface area contributed by atoms with E-state index in [-0.39, 0.29) is 18.5 Å². The molecule has 0 aliphatic rings. The van der Waals surface area contributed by atoms with Gasteiger partial charge in [0.2, 0.25) is 17.7 Å². The fourth-order valence-electron chi connectivity index (χ4n) is 3.83. The van der Waals surface area contributed by atoms with Crippen molar-refractivity contribution < 1.29 is 23.9 Å². The molecule has 0 heterocycles. The van der Waals surface area contributed by atoms with Crippen LogP contribution in [0.1, 0.15) is 90.0 Å². The summed E-state index contributed by atoms with van der Waals surface area (Å²) in [5.74, 6) is -1.66. The minimum absolute atomic E-state index is 0.154. The molecule has 0 aliphatic carbocycles. The number of ether oxygens (including phenoxy) is 1. The van der Waals surface area contributed by atoms with Gasteiger partial charge >= 0.3 is 6.09 Å². The average Bonchev–Trinajstić information content (AvgIpc) is 2.72. The summed E-state index contributed by atoms with van der Waals surface area (Å²) in [5.41, 5.74) is 7.19. The van der Waals surface area contributed by atoms with Crippen LogP contribution in [-0.2, 0) is 19.1 Å². The molecule has 0 aromatic heterocycles. The van der Waals surface area contributed by atoms with Crippen molar-refractivity contribution in [1.82, 2.24) is 15.5 Å². The third kappa shape index (κ3) is 9.87. The molecular weight excluding hydrogens is 460 g/mol. The van der Waals surface area contributed by atoms with Crippen LogP contribution in [0.15, 0.2) is 18.2 Å². The molecule has 0 saturated heterocycles. The molecule has 1 aromatic rings. The summed E-state index contributed by atoms with van der Waals surface area (Å²) in [6.45, 7) is 14.9. The van der Waals surface area contributed by atoms with Gasteiger partial charge < -0.3 is 26.0 Å². The minimum Gasteiger partial charge on any atom is -0.444 e. The highest BCUT2D eigenvalue weighted by Gasteiger charge is 2.37. The number of primary amides is 1. The molecule has 0 saturated carbocycles. The number of carbonyl (C=O) groups is 4. The molecule has 1 rings (SSSR count). The normalized spacial score (nSPS) is 13.0. The monoisotopic (exact) mass is 504 g/mol. The van der Waals surface area contributed by atoms with Crippen molar-refractivity contribution in [2.45, 2.75) is 105 Å². The molecule has 0 spiro atoms. The minimum atomic E-state index is -1.28. The van der Waals surface area contributed by atoms with Crippen molar-refractivity contribution >= 4 is 23.8 Å². The summed E-state index contributed by atoms with van der Waals surface area (Å²) < 4.78 is 5.31. The zero-order valence-corrected chi connectivity index (χ0v) is 23.1. The number of hydrogen-bond acceptors (Lipinski definition) is 5. The predicted molar refractivity (Wildman–Crippen MR) is 140 cm³/mol. The first-order valence-electron chi connectivity index (χ1n) is 12.6. The molecule has 0 fully saturated rings. The third-order valence-corrected chi connectivity index (χ3v) is 5.61. The van der Waals surface area contributed by atoms with Gasteiger partial charge in [-0.15, -0.1) is 0 Å². The number of nitrogens with one attached hydrogen (secondary N) is 2. The maximum Gasteiger partial charge on any atom is 0.408 e. The van der Waals surface area contributed by atoms with E-state index in [0.717, 1.165) is 24.0 Å². The van der Waals surface area contributed by atoms with Crippen molar-refractivity contribution in [3.8, 4) is 0 Å². The molecule has 2 unspecified atom stereocenters. The Morgan fingerprint density at radius 1 is 1.06 bits per heavy atom. The quantitative estimate of drug-likeness (QED) is 0.374. The van der Waals surface area contributed by atoms with E-state index < -0.39 is 42.0 Å². The molecule has 202 valence electrons. The molecule has 0 bridgehead atoms. The smallest absolute Gasteiger partial charge is 0.408 e. The van der Waals surface area contributed by atoms with Gasteiger partial charge in [0.1, 0.15) is 17.7 Å². The molecule has 2 atom stereocenters. The van der Waals surface area contributed by atoms with Crippen LogP contribution in [0.3, 0.4) is 0 Å². The van der Waals surface area contributed by atoms with E-state index in [4.69, 9.17) is 10.5 Å². The number of nitrogens with two attached hydrogens (primary N) is 1. The van der Waals surface area contributed by atoms with Crippen molar-refractivity contribution in [1.29, 1.82) is 0 Å². The van der Waals surface area contributed by atoms with Crippen LogP contribution in [-0.4, -0.2) is 52.9 Å². The maximum atomic E-state index is 13.9. The Morgan fingerprint density at radius 3 is 2.22 bits per heavy atom. The van der Waals surface area contributed by atoms with Crippen molar-refractivity contribution in [3.63, 3.8) is 0 Å². The van der Waals surface area contributed by atoms with Gasteiger partial charge in [0.25, 0.3) is 0 Å². The standard InChI is InChI=1S/C27H44N4O5/c1-9-10-11-15-31(25(34)21(16-22(28)32)30-26(35)36-27(6,7)8)23(24(33)29-17(2)3)20-14-12-13-18(4)19(20)5/h12-14,17,21,23H,9-11,15-16H2,1-8H3,(H2,28,32)(H,29,33)(H,30,35). The van der Waals surface area contributed by atoms with Crippen LogP contribution >= 0.6 is 0 Å². The highest BCUT2D eigenvalue weighted by Crippen LogP contribution is 2.28. The summed E-state index contributed by atoms with van der Waals surface area (Å²) in [6.07, 6.45) is 1.14. The zero-order chi connectivity index (χ0) is 27.6. The van der Waals surface area contributed by atoms with Gasteiger partial charge in [-0.3, -0.25) is 14.4 Å². The summed E-state index contributed by atoms with van der Waals surface area (Å²) in [5, 5.41) is 5.43. The number of rotatable bonds is 12. The van der Waals surface area contributed by atoms with Gasteiger partial charge in [-0.1, -0.05) is 38.0 Å². The van der Waals surface area contributed by atoms with E-state index in [1.54, 1.807) is 20.8 Å². The number of alkyl carbamates (subject to hydrolysis) is 1. The first-order chi connectivity index (χ1) is 16.7. The Hall–Kier alpha value is -3.10. The van der Waals surface area contributed by atoms with Gasteiger partial charge in [-0.2, -0.15) is 0 Å². The first-order valence-corrected chi connectivity index (χ1v) is 12.6. The average molecular weight is 505 g/mol. The molecule has 0 aliphatic heterocycles. The SMILES string of the molecule is CCCCCN(C(=O)C(CC(N)=O)NC(=O)OC(C)(C)C)C(C(=O)NC(C)C)c1cccc(C)c1C. The Balaban J connectivity index is 3.57. The lowest BCUT2D eigenvalue weighted by molar-refractivity contribution is -0.143. The number of nitrogens with zero attached hydrogens (tertiary/aromatic N) is 1. The number of amides is 4. The lowest BCUT2D eigenvalue weighted by atomic mass is 9.94. The predicted octanol–water partition coefficient (Wildman–Crippen LogP) is 3.66. The summed E-state index contributed by atoms with van der Waals surface area (Å²) in [4.78, 5) is 53.3. The second kappa shape index (κ2) is 13.8. The lowest BCUT2D eigenvalue weighted by Crippen LogP contribution is -2.54. The molecule has 0 radical (unpaired) electrons. The van der Waals surface area contributed by atoms with Gasteiger partial charge in [0, 0.05) is 12.6 Å². The Bertz CT molecular complexity index is 923. The molecule has 4 amide bonds. The van der Waals surface area contributed by atoms with Gasteiger partial charge in [0.05, 0.1) is 6.42 Å². The van der Waals surface area contributed by atoms with E-state index >= 15 is 0 Å². The van der Waals surface area contributed by atoms with Crippen LogP contribution < -0.4 is 16.4 Å². The van der Waals surface area contributed by atoms with Gasteiger partial charge in [-0.25, -0.2) is 4.79 Å². The topological polar surface area (TPSA) is 131 Å². The fourth-order valence-corrected chi connectivity index (χ4v) is 3.83. The Kier molecular flexibility index (Phi) is 11.9. The highest BCUT2D eigenvalue weighted by molar-refractivity contribution is 5.94. The number of unbranched alkanes of at least 4 members (excludes halogenated alkanes) is 2. The lowest BCUT2D eigenvalue weighted by Gasteiger charge is -2.35. The van der Waals surface area contributed by atoms with E-state index in [1.807, 2.05) is 52.8 Å². The van der Waals surface area contributed by atoms with Crippen molar-refractivity contribution in [2.75, 3.05) is 6.54 Å². The Labute approximate surface area is 215 Å². The number of carbonyl (C=O) groups excluding carboxylic acids is 4. The Morgan fingerprint density at radius 2 is 1.69 bits per heavy atom. The summed E-state index contributed by atoms with van der Waals surface area (Å²) >= 11 is 0. The van der Waals surface area contributed by atoms with E-state index in [1.165, 1.54) is 4.90 Å². The van der Waals surface area contributed by atoms with E-state index in [0.29, 0.717) is 12.0 Å². The van der Waals surface area contributed by atoms with Crippen LogP contribution in [0.5, 0.6) is 0 Å². The van der Waals surface area contributed by atoms with Crippen LogP contribution in [0, 0.1) is 13.8 Å². The van der Waals surface area contributed by atoms with E-state index in [9.17, 15) is 19.2 Å². The second-order valence-corrected chi connectivity index (χ2v) is 10.5. The highest BCUT2D eigenvalue weighted by atomic mass is 16.6.